The number of carboxylic acid groups (broad SMARTS) is 1. The molecule has 9 heteroatoms. The summed E-state index contributed by atoms with van der Waals surface area (Å²) in [4.78, 5) is 11.4. The van der Waals surface area contributed by atoms with Crippen LogP contribution in [0.2, 0.25) is 0 Å². The van der Waals surface area contributed by atoms with Crippen LogP contribution in [-0.2, 0) is 44.6 Å². The van der Waals surface area contributed by atoms with Crippen molar-refractivity contribution in [1.82, 2.24) is 0 Å². The molecule has 0 radical (unpaired) electrons. The monoisotopic (exact) mass is 444 g/mol. The molecule has 0 aliphatic heterocycles. The highest BCUT2D eigenvalue weighted by Gasteiger charge is 2.35. The van der Waals surface area contributed by atoms with Crippen LogP contribution in [0.5, 0.6) is 0 Å². The zero-order valence-electron chi connectivity index (χ0n) is 18.9. The molecule has 1 N–H and O–H groups in total. The zero-order valence-corrected chi connectivity index (χ0v) is 18.9. The lowest BCUT2D eigenvalue weighted by Crippen LogP contribution is -2.45. The number of carboxylic acids is 1. The Hall–Kier alpha value is -1.59. The van der Waals surface area contributed by atoms with E-state index in [1.807, 2.05) is 37.3 Å². The highest BCUT2D eigenvalue weighted by Crippen LogP contribution is 2.22. The van der Waals surface area contributed by atoms with Crippen LogP contribution < -0.4 is 0 Å². The van der Waals surface area contributed by atoms with E-state index in [9.17, 15) is 9.90 Å². The molecule has 0 saturated carbocycles. The second kappa shape index (κ2) is 17.0. The average molecular weight is 445 g/mol. The molecule has 0 saturated heterocycles. The Morgan fingerprint density at radius 1 is 0.903 bits per heavy atom. The van der Waals surface area contributed by atoms with Crippen LogP contribution in [0, 0.1) is 5.92 Å². The maximum Gasteiger partial charge on any atom is 0.306 e. The Kier molecular flexibility index (Phi) is 15.1. The number of ether oxygens (including phenoxy) is 7. The third kappa shape index (κ3) is 12.1. The quantitative estimate of drug-likeness (QED) is 0.323. The van der Waals surface area contributed by atoms with Gasteiger partial charge >= 0.3 is 5.97 Å². The second-order valence-corrected chi connectivity index (χ2v) is 7.20. The van der Waals surface area contributed by atoms with Gasteiger partial charge in [0, 0.05) is 27.9 Å². The van der Waals surface area contributed by atoms with Crippen molar-refractivity contribution in [3.63, 3.8) is 0 Å². The average Bonchev–Trinajstić information content (AvgIpc) is 2.75. The maximum atomic E-state index is 11.4. The summed E-state index contributed by atoms with van der Waals surface area (Å²) in [7, 11) is 4.48. The van der Waals surface area contributed by atoms with E-state index < -0.39 is 24.3 Å². The third-order valence-corrected chi connectivity index (χ3v) is 4.44. The number of carbonyl (C=O) groups is 1. The van der Waals surface area contributed by atoms with Crippen molar-refractivity contribution in [2.45, 2.75) is 44.7 Å². The molecule has 0 aromatic heterocycles. The van der Waals surface area contributed by atoms with Gasteiger partial charge in [-0.2, -0.15) is 0 Å². The fourth-order valence-corrected chi connectivity index (χ4v) is 3.07. The number of methoxy groups -OCH3 is 3. The van der Waals surface area contributed by atoms with Gasteiger partial charge in [-0.05, 0) is 17.9 Å². The van der Waals surface area contributed by atoms with Gasteiger partial charge in [0.05, 0.1) is 25.2 Å². The maximum absolute atomic E-state index is 11.4. The molecule has 178 valence electrons. The number of hydrogen-bond donors (Lipinski definition) is 1. The Balaban J connectivity index is 2.81. The molecule has 0 unspecified atom stereocenters. The van der Waals surface area contributed by atoms with Gasteiger partial charge in [0.15, 0.2) is 0 Å². The summed E-state index contributed by atoms with van der Waals surface area (Å²) in [6.45, 7) is 2.96. The number of benzene rings is 1. The SMILES string of the molecule is COCO[C@H]([C@H](C[C@H](C)COCc1ccccc1)OCOC)[C@@H](CC(=O)O)OCOC. The minimum Gasteiger partial charge on any atom is -0.481 e. The molecule has 1 rings (SSSR count). The fourth-order valence-electron chi connectivity index (χ4n) is 3.07. The minimum absolute atomic E-state index is 0.0270. The van der Waals surface area contributed by atoms with Crippen molar-refractivity contribution >= 4 is 5.97 Å². The Labute approximate surface area is 184 Å². The van der Waals surface area contributed by atoms with Crippen molar-refractivity contribution < 1.29 is 43.1 Å². The molecule has 0 amide bonds. The molecule has 4 atom stereocenters. The standard InChI is InChI=1S/C22H36O9/c1-17(12-28-13-18-8-6-5-7-9-18)10-19(29-14-25-2)22(31-16-27-4)20(11-21(23)24)30-15-26-3/h5-9,17,19-20,22H,10-16H2,1-4H3,(H,23,24)/t17-,19-,20+,22+/m0/s1. The molecule has 0 spiro atoms. The van der Waals surface area contributed by atoms with Crippen molar-refractivity contribution in [2.75, 3.05) is 48.3 Å². The van der Waals surface area contributed by atoms with Gasteiger partial charge in [-0.3, -0.25) is 4.79 Å². The minimum atomic E-state index is -1.02. The Bertz CT molecular complexity index is 569. The van der Waals surface area contributed by atoms with Crippen molar-refractivity contribution in [3.05, 3.63) is 35.9 Å². The molecule has 0 aliphatic carbocycles. The van der Waals surface area contributed by atoms with Gasteiger partial charge in [-0.15, -0.1) is 0 Å². The highest BCUT2D eigenvalue weighted by atomic mass is 16.7. The first kappa shape index (κ1) is 27.4. The van der Waals surface area contributed by atoms with Gasteiger partial charge in [0.1, 0.15) is 26.5 Å². The fraction of sp³-hybridized carbons (Fsp3) is 0.682. The topological polar surface area (TPSA) is 102 Å². The van der Waals surface area contributed by atoms with E-state index in [1.165, 1.54) is 21.3 Å². The molecular formula is C22H36O9. The molecular weight excluding hydrogens is 408 g/mol. The van der Waals surface area contributed by atoms with E-state index in [4.69, 9.17) is 33.2 Å². The van der Waals surface area contributed by atoms with E-state index in [0.29, 0.717) is 19.6 Å². The summed E-state index contributed by atoms with van der Waals surface area (Å²) >= 11 is 0. The summed E-state index contributed by atoms with van der Waals surface area (Å²) < 4.78 is 38.2. The van der Waals surface area contributed by atoms with Gasteiger partial charge in [-0.1, -0.05) is 37.3 Å². The highest BCUT2D eigenvalue weighted by molar-refractivity contribution is 5.67. The van der Waals surface area contributed by atoms with Crippen LogP contribution in [-0.4, -0.2) is 77.7 Å². The van der Waals surface area contributed by atoms with Crippen LogP contribution in [0.3, 0.4) is 0 Å². The summed E-state index contributed by atoms with van der Waals surface area (Å²) in [5.41, 5.74) is 1.10. The normalized spacial score (nSPS) is 15.4. The predicted octanol–water partition coefficient (Wildman–Crippen LogP) is 2.67. The van der Waals surface area contributed by atoms with Gasteiger partial charge < -0.3 is 38.3 Å². The molecule has 31 heavy (non-hydrogen) atoms. The van der Waals surface area contributed by atoms with Crippen LogP contribution >= 0.6 is 0 Å². The van der Waals surface area contributed by atoms with Crippen molar-refractivity contribution in [1.29, 1.82) is 0 Å². The van der Waals surface area contributed by atoms with Crippen molar-refractivity contribution in [2.24, 2.45) is 5.92 Å². The smallest absolute Gasteiger partial charge is 0.306 e. The summed E-state index contributed by atoms with van der Waals surface area (Å²) in [5.74, 6) is -0.913. The lowest BCUT2D eigenvalue weighted by molar-refractivity contribution is -0.213. The molecule has 0 fully saturated rings. The number of hydrogen-bond acceptors (Lipinski definition) is 8. The van der Waals surface area contributed by atoms with Gasteiger partial charge in [-0.25, -0.2) is 0 Å². The lowest BCUT2D eigenvalue weighted by atomic mass is 9.96. The van der Waals surface area contributed by atoms with E-state index in [2.05, 4.69) is 0 Å². The van der Waals surface area contributed by atoms with E-state index in [0.717, 1.165) is 5.56 Å². The molecule has 9 nitrogen and oxygen atoms in total. The van der Waals surface area contributed by atoms with E-state index in [1.54, 1.807) is 0 Å². The van der Waals surface area contributed by atoms with E-state index in [-0.39, 0.29) is 32.7 Å². The second-order valence-electron chi connectivity index (χ2n) is 7.20. The molecule has 0 heterocycles. The first-order valence-electron chi connectivity index (χ1n) is 10.2. The van der Waals surface area contributed by atoms with Crippen LogP contribution in [0.4, 0.5) is 0 Å². The van der Waals surface area contributed by atoms with Crippen LogP contribution in [0.1, 0.15) is 25.3 Å². The van der Waals surface area contributed by atoms with Crippen molar-refractivity contribution in [3.8, 4) is 0 Å². The molecule has 1 aromatic carbocycles. The summed E-state index contributed by atoms with van der Waals surface area (Å²) in [6, 6.07) is 9.91. The predicted molar refractivity (Wildman–Crippen MR) is 112 cm³/mol. The summed E-state index contributed by atoms with van der Waals surface area (Å²) in [6.07, 6.45) is -1.75. The van der Waals surface area contributed by atoms with E-state index >= 15 is 0 Å². The zero-order chi connectivity index (χ0) is 22.9. The number of aliphatic carboxylic acids is 1. The van der Waals surface area contributed by atoms with Crippen LogP contribution in [0.15, 0.2) is 30.3 Å². The third-order valence-electron chi connectivity index (χ3n) is 4.44. The first-order chi connectivity index (χ1) is 15.0. The molecule has 0 bridgehead atoms. The Morgan fingerprint density at radius 3 is 2.06 bits per heavy atom. The summed E-state index contributed by atoms with van der Waals surface area (Å²) in [5, 5.41) is 9.33. The molecule has 1 aromatic rings. The molecule has 0 aliphatic rings. The largest absolute Gasteiger partial charge is 0.481 e. The van der Waals surface area contributed by atoms with Crippen LogP contribution in [0.25, 0.3) is 0 Å². The Morgan fingerprint density at radius 2 is 1.48 bits per heavy atom. The van der Waals surface area contributed by atoms with Gasteiger partial charge in [0.2, 0.25) is 0 Å². The number of rotatable bonds is 19. The van der Waals surface area contributed by atoms with Gasteiger partial charge in [0.25, 0.3) is 0 Å². The lowest BCUT2D eigenvalue weighted by Gasteiger charge is -2.33. The first-order valence-corrected chi connectivity index (χ1v) is 10.2.